The zero-order chi connectivity index (χ0) is 12.0. The number of amides is 1. The fourth-order valence-electron chi connectivity index (χ4n) is 1.58. The van der Waals surface area contributed by atoms with E-state index in [2.05, 4.69) is 5.32 Å². The van der Waals surface area contributed by atoms with E-state index < -0.39 is 11.8 Å². The lowest BCUT2D eigenvalue weighted by Crippen LogP contribution is -2.57. The Bertz CT molecular complexity index is 225. The zero-order valence-electron chi connectivity index (χ0n) is 9.82. The summed E-state index contributed by atoms with van der Waals surface area (Å²) < 4.78 is 15.1. The van der Waals surface area contributed by atoms with Crippen molar-refractivity contribution in [1.29, 1.82) is 0 Å². The molecular weight excluding hydrogens is 212 g/mol. The average molecular weight is 232 g/mol. The molecule has 1 aliphatic heterocycles. The van der Waals surface area contributed by atoms with Gasteiger partial charge in [-0.15, -0.1) is 0 Å². The molecule has 0 aromatic rings. The third-order valence-electron chi connectivity index (χ3n) is 2.79. The molecule has 0 spiro atoms. The second kappa shape index (κ2) is 6.15. The molecule has 1 rings (SSSR count). The molecule has 0 aromatic heterocycles. The molecule has 6 nitrogen and oxygen atoms in total. The summed E-state index contributed by atoms with van der Waals surface area (Å²) in [5.41, 5.74) is 5.18. The van der Waals surface area contributed by atoms with Crippen LogP contribution in [0.1, 0.15) is 12.8 Å². The van der Waals surface area contributed by atoms with Crippen molar-refractivity contribution in [2.45, 2.75) is 24.7 Å². The SMILES string of the molecule is COC(CNC(=O)C1(N)CCOCC1)OC. The maximum atomic E-state index is 11.9. The summed E-state index contributed by atoms with van der Waals surface area (Å²) in [6.45, 7) is 1.36. The van der Waals surface area contributed by atoms with Crippen LogP contribution in [-0.2, 0) is 19.0 Å². The van der Waals surface area contributed by atoms with Crippen LogP contribution < -0.4 is 11.1 Å². The lowest BCUT2D eigenvalue weighted by Gasteiger charge is -2.32. The van der Waals surface area contributed by atoms with Gasteiger partial charge in [0.25, 0.3) is 0 Å². The number of hydrogen-bond donors (Lipinski definition) is 2. The van der Waals surface area contributed by atoms with Crippen LogP contribution in [0, 0.1) is 0 Å². The van der Waals surface area contributed by atoms with E-state index in [1.165, 1.54) is 14.2 Å². The number of nitrogens with two attached hydrogens (primary N) is 1. The van der Waals surface area contributed by atoms with Gasteiger partial charge in [-0.25, -0.2) is 0 Å². The third kappa shape index (κ3) is 3.41. The summed E-state index contributed by atoms with van der Waals surface area (Å²) >= 11 is 0. The van der Waals surface area contributed by atoms with E-state index in [0.29, 0.717) is 32.6 Å². The van der Waals surface area contributed by atoms with Crippen molar-refractivity contribution >= 4 is 5.91 Å². The standard InChI is InChI=1S/C10H20N2O4/c1-14-8(15-2)7-12-9(13)10(11)3-5-16-6-4-10/h8H,3-7,11H2,1-2H3,(H,12,13). The molecule has 94 valence electrons. The summed E-state index contributed by atoms with van der Waals surface area (Å²) in [6.07, 6.45) is 0.653. The molecule has 0 saturated carbocycles. The van der Waals surface area contributed by atoms with Crippen molar-refractivity contribution in [3.63, 3.8) is 0 Å². The second-order valence-electron chi connectivity index (χ2n) is 3.88. The van der Waals surface area contributed by atoms with Crippen LogP contribution in [0.4, 0.5) is 0 Å². The lowest BCUT2D eigenvalue weighted by molar-refractivity contribution is -0.135. The normalized spacial score (nSPS) is 19.8. The maximum Gasteiger partial charge on any atom is 0.240 e. The van der Waals surface area contributed by atoms with E-state index in [9.17, 15) is 4.79 Å². The third-order valence-corrected chi connectivity index (χ3v) is 2.79. The predicted octanol–water partition coefficient (Wildman–Crippen LogP) is -0.771. The van der Waals surface area contributed by atoms with Gasteiger partial charge < -0.3 is 25.3 Å². The minimum atomic E-state index is -0.815. The molecule has 3 N–H and O–H groups in total. The minimum Gasteiger partial charge on any atom is -0.381 e. The molecule has 16 heavy (non-hydrogen) atoms. The molecule has 1 aliphatic rings. The van der Waals surface area contributed by atoms with Gasteiger partial charge in [-0.05, 0) is 12.8 Å². The zero-order valence-corrected chi connectivity index (χ0v) is 9.82. The van der Waals surface area contributed by atoms with Gasteiger partial charge in [-0.3, -0.25) is 4.79 Å². The molecule has 1 heterocycles. The molecule has 0 radical (unpaired) electrons. The number of rotatable bonds is 5. The smallest absolute Gasteiger partial charge is 0.240 e. The lowest BCUT2D eigenvalue weighted by atomic mass is 9.90. The molecule has 1 fully saturated rings. The van der Waals surface area contributed by atoms with Crippen LogP contribution in [-0.4, -0.2) is 51.7 Å². The highest BCUT2D eigenvalue weighted by atomic mass is 16.7. The van der Waals surface area contributed by atoms with Crippen LogP contribution in [0.15, 0.2) is 0 Å². The van der Waals surface area contributed by atoms with Crippen molar-refractivity contribution in [1.82, 2.24) is 5.32 Å². The Morgan fingerprint density at radius 3 is 2.50 bits per heavy atom. The van der Waals surface area contributed by atoms with E-state index in [4.69, 9.17) is 19.9 Å². The number of carbonyl (C=O) groups is 1. The summed E-state index contributed by atoms with van der Waals surface area (Å²) in [4.78, 5) is 11.9. The summed E-state index contributed by atoms with van der Waals surface area (Å²) in [5.74, 6) is -0.171. The van der Waals surface area contributed by atoms with Gasteiger partial charge in [-0.1, -0.05) is 0 Å². The number of methoxy groups -OCH3 is 2. The van der Waals surface area contributed by atoms with E-state index >= 15 is 0 Å². The predicted molar refractivity (Wildman–Crippen MR) is 57.8 cm³/mol. The van der Waals surface area contributed by atoms with Crippen molar-refractivity contribution < 1.29 is 19.0 Å². The largest absolute Gasteiger partial charge is 0.381 e. The first kappa shape index (κ1) is 13.4. The molecule has 6 heteroatoms. The average Bonchev–Trinajstić information content (AvgIpc) is 2.31. The Hall–Kier alpha value is -0.690. The molecule has 1 amide bonds. The maximum absolute atomic E-state index is 11.9. The first-order valence-corrected chi connectivity index (χ1v) is 5.33. The van der Waals surface area contributed by atoms with Crippen LogP contribution in [0.25, 0.3) is 0 Å². The van der Waals surface area contributed by atoms with Gasteiger partial charge in [0.05, 0.1) is 12.1 Å². The number of carbonyl (C=O) groups excluding carboxylic acids is 1. The van der Waals surface area contributed by atoms with Crippen LogP contribution >= 0.6 is 0 Å². The first-order chi connectivity index (χ1) is 7.62. The quantitative estimate of drug-likeness (QED) is 0.608. The molecule has 0 atom stereocenters. The minimum absolute atomic E-state index is 0.171. The van der Waals surface area contributed by atoms with Crippen LogP contribution in [0.5, 0.6) is 0 Å². The molecular formula is C10H20N2O4. The first-order valence-electron chi connectivity index (χ1n) is 5.33. The molecule has 0 aromatic carbocycles. The summed E-state index contributed by atoms with van der Waals surface area (Å²) in [7, 11) is 3.04. The van der Waals surface area contributed by atoms with Gasteiger partial charge in [0, 0.05) is 27.4 Å². The van der Waals surface area contributed by atoms with E-state index in [0.717, 1.165) is 0 Å². The molecule has 0 aliphatic carbocycles. The molecule has 0 bridgehead atoms. The Labute approximate surface area is 95.4 Å². The van der Waals surface area contributed by atoms with Gasteiger partial charge >= 0.3 is 0 Å². The highest BCUT2D eigenvalue weighted by Crippen LogP contribution is 2.17. The van der Waals surface area contributed by atoms with Gasteiger partial charge in [0.1, 0.15) is 0 Å². The molecule has 1 saturated heterocycles. The van der Waals surface area contributed by atoms with Crippen molar-refractivity contribution in [2.75, 3.05) is 34.0 Å². The van der Waals surface area contributed by atoms with Crippen molar-refractivity contribution in [2.24, 2.45) is 5.73 Å². The number of ether oxygens (including phenoxy) is 3. The van der Waals surface area contributed by atoms with E-state index in [-0.39, 0.29) is 5.91 Å². The highest BCUT2D eigenvalue weighted by molar-refractivity contribution is 5.86. The Morgan fingerprint density at radius 2 is 2.00 bits per heavy atom. The van der Waals surface area contributed by atoms with Crippen molar-refractivity contribution in [3.8, 4) is 0 Å². The van der Waals surface area contributed by atoms with Crippen LogP contribution in [0.3, 0.4) is 0 Å². The van der Waals surface area contributed by atoms with Gasteiger partial charge in [-0.2, -0.15) is 0 Å². The monoisotopic (exact) mass is 232 g/mol. The summed E-state index contributed by atoms with van der Waals surface area (Å²) in [5, 5.41) is 2.73. The number of hydrogen-bond acceptors (Lipinski definition) is 5. The van der Waals surface area contributed by atoms with E-state index in [1.807, 2.05) is 0 Å². The van der Waals surface area contributed by atoms with E-state index in [1.54, 1.807) is 0 Å². The second-order valence-corrected chi connectivity index (χ2v) is 3.88. The van der Waals surface area contributed by atoms with Crippen LogP contribution in [0.2, 0.25) is 0 Å². The van der Waals surface area contributed by atoms with Crippen molar-refractivity contribution in [3.05, 3.63) is 0 Å². The fraction of sp³-hybridized carbons (Fsp3) is 0.900. The number of nitrogens with one attached hydrogen (secondary N) is 1. The highest BCUT2D eigenvalue weighted by Gasteiger charge is 2.35. The summed E-state index contributed by atoms with van der Waals surface area (Å²) in [6, 6.07) is 0. The Kier molecular flexibility index (Phi) is 5.14. The fourth-order valence-corrected chi connectivity index (χ4v) is 1.58. The Morgan fingerprint density at radius 1 is 1.44 bits per heavy atom. The molecule has 0 unspecified atom stereocenters. The Balaban J connectivity index is 2.38. The topological polar surface area (TPSA) is 82.8 Å². The van der Waals surface area contributed by atoms with Gasteiger partial charge in [0.2, 0.25) is 5.91 Å². The van der Waals surface area contributed by atoms with Gasteiger partial charge in [0.15, 0.2) is 6.29 Å².